The molecule has 2 N–H and O–H groups in total. The lowest BCUT2D eigenvalue weighted by molar-refractivity contribution is 0.589. The number of anilines is 2. The maximum absolute atomic E-state index is 4.48. The molecule has 0 fully saturated rings. The zero-order valence-corrected chi connectivity index (χ0v) is 30.5. The highest BCUT2D eigenvalue weighted by Gasteiger charge is 2.18. The van der Waals surface area contributed by atoms with Crippen LogP contribution in [0.5, 0.6) is 0 Å². The van der Waals surface area contributed by atoms with Crippen LogP contribution in [0.2, 0.25) is 0 Å². The van der Waals surface area contributed by atoms with Gasteiger partial charge in [-0.1, -0.05) is 52.0 Å². The molecule has 0 aliphatic carbocycles. The number of halogens is 2. The van der Waals surface area contributed by atoms with E-state index in [2.05, 4.69) is 146 Å². The number of hydrogen-bond acceptors (Lipinski definition) is 6. The Morgan fingerprint density at radius 3 is 2.02 bits per heavy atom. The number of nitrogens with zero attached hydrogens (tertiary/aromatic N) is 6. The minimum Gasteiger partial charge on any atom is -0.366 e. The first kappa shape index (κ1) is 34.1. The van der Waals surface area contributed by atoms with Gasteiger partial charge in [-0.2, -0.15) is 10.2 Å². The molecule has 47 heavy (non-hydrogen) atoms. The first-order valence-electron chi connectivity index (χ1n) is 15.6. The van der Waals surface area contributed by atoms with Crippen LogP contribution in [-0.4, -0.2) is 29.2 Å². The molecule has 0 spiro atoms. The molecule has 0 aliphatic rings. The van der Waals surface area contributed by atoms with E-state index in [-0.39, 0.29) is 5.41 Å². The third kappa shape index (κ3) is 8.55. The van der Waals surface area contributed by atoms with Gasteiger partial charge in [-0.15, -0.1) is 0 Å². The number of rotatable bonds is 9. The summed E-state index contributed by atoms with van der Waals surface area (Å²) in [4.78, 5) is 8.21. The Hall–Kier alpha value is -4.28. The number of hydrogen-bond donors (Lipinski definition) is 2. The molecular formula is C37H40Br2N8. The van der Waals surface area contributed by atoms with Crippen LogP contribution in [-0.2, 0) is 18.5 Å². The molecule has 0 saturated heterocycles. The summed E-state index contributed by atoms with van der Waals surface area (Å²) in [5.41, 5.74) is 8.15. The lowest BCUT2D eigenvalue weighted by atomic mass is 9.87. The van der Waals surface area contributed by atoms with Crippen LogP contribution in [0.1, 0.15) is 63.3 Å². The average molecular weight is 757 g/mol. The minimum absolute atomic E-state index is 0.0796. The summed E-state index contributed by atoms with van der Waals surface area (Å²) in [5.74, 6) is 1.94. The van der Waals surface area contributed by atoms with Gasteiger partial charge in [-0.25, -0.2) is 9.03 Å². The molecule has 0 unspecified atom stereocenters. The van der Waals surface area contributed by atoms with Crippen molar-refractivity contribution in [2.75, 3.05) is 10.6 Å². The molecule has 0 aromatic carbocycles. The number of fused-ring (bicyclic) bond motifs is 2. The molecule has 0 saturated carbocycles. The van der Waals surface area contributed by atoms with Gasteiger partial charge in [0.25, 0.3) is 0 Å². The molecule has 0 aliphatic heterocycles. The molecule has 6 aromatic rings. The zero-order valence-electron chi connectivity index (χ0n) is 27.4. The van der Waals surface area contributed by atoms with E-state index in [1.807, 2.05) is 45.8 Å². The van der Waals surface area contributed by atoms with Crippen LogP contribution in [0.4, 0.5) is 11.6 Å². The van der Waals surface area contributed by atoms with Crippen LogP contribution in [0.15, 0.2) is 113 Å². The maximum Gasteiger partial charge on any atom is 0.129 e. The fourth-order valence-corrected chi connectivity index (χ4v) is 5.71. The largest absolute Gasteiger partial charge is 0.366 e. The highest BCUT2D eigenvalue weighted by Crippen LogP contribution is 2.30. The van der Waals surface area contributed by atoms with Crippen molar-refractivity contribution in [3.63, 3.8) is 0 Å². The minimum atomic E-state index is 0.0796. The highest BCUT2D eigenvalue weighted by atomic mass is 79.9. The second-order valence-electron chi connectivity index (χ2n) is 12.1. The summed E-state index contributed by atoms with van der Waals surface area (Å²) in [7, 11) is 0. The SMILES string of the molecule is C/C=C(\C=C/CC)c1cc(NCc2ccncc2)n2ncc(Br)c2c1.CC(C)(C)c1cc(NCc2cccnc2)n2ncc(Br)c2c1. The van der Waals surface area contributed by atoms with Crippen LogP contribution in [0.25, 0.3) is 16.6 Å². The Kier molecular flexibility index (Phi) is 11.3. The van der Waals surface area contributed by atoms with E-state index < -0.39 is 0 Å². The van der Waals surface area contributed by atoms with Crippen molar-refractivity contribution in [3.05, 3.63) is 135 Å². The molecular weight excluding hydrogens is 716 g/mol. The van der Waals surface area contributed by atoms with Gasteiger partial charge in [0, 0.05) is 37.9 Å². The summed E-state index contributed by atoms with van der Waals surface area (Å²) in [6.45, 7) is 12.3. The van der Waals surface area contributed by atoms with Gasteiger partial charge in [0.05, 0.1) is 32.4 Å². The summed E-state index contributed by atoms with van der Waals surface area (Å²) in [6, 6.07) is 16.7. The van der Waals surface area contributed by atoms with Crippen molar-refractivity contribution in [3.8, 4) is 0 Å². The van der Waals surface area contributed by atoms with Crippen LogP contribution in [0.3, 0.4) is 0 Å². The van der Waals surface area contributed by atoms with Crippen LogP contribution in [0, 0.1) is 0 Å². The number of aromatic nitrogens is 6. The monoisotopic (exact) mass is 754 g/mol. The van der Waals surface area contributed by atoms with Crippen LogP contribution < -0.4 is 10.6 Å². The smallest absolute Gasteiger partial charge is 0.129 e. The predicted molar refractivity (Wildman–Crippen MR) is 201 cm³/mol. The van der Waals surface area contributed by atoms with Gasteiger partial charge < -0.3 is 10.6 Å². The van der Waals surface area contributed by atoms with E-state index in [0.717, 1.165) is 49.2 Å². The summed E-state index contributed by atoms with van der Waals surface area (Å²) in [5, 5.41) is 15.9. The standard InChI is InChI=1S/C20H21BrN4.C17H19BrN4/c1-3-5-6-16(4-2)17-11-19-18(21)14-24-25(19)20(12-17)23-13-15-7-9-22-10-8-15;1-17(2,3)13-7-15-14(18)11-21-22(15)16(8-13)20-10-12-5-4-6-19-9-12/h4-12,14,23H,3,13H2,1-2H3;4-9,11,20H,10H2,1-3H3/b6-5-,16-4+;. The molecule has 0 radical (unpaired) electrons. The van der Waals surface area contributed by atoms with Crippen molar-refractivity contribution >= 4 is 60.1 Å². The Bertz CT molecular complexity index is 1990. The van der Waals surface area contributed by atoms with Gasteiger partial charge in [-0.3, -0.25) is 9.97 Å². The summed E-state index contributed by atoms with van der Waals surface area (Å²) >= 11 is 7.17. The van der Waals surface area contributed by atoms with E-state index in [1.54, 1.807) is 18.6 Å². The van der Waals surface area contributed by atoms with Crippen molar-refractivity contribution in [2.45, 2.75) is 59.5 Å². The predicted octanol–water partition coefficient (Wildman–Crippen LogP) is 9.87. The third-order valence-electron chi connectivity index (χ3n) is 7.61. The topological polar surface area (TPSA) is 84.4 Å². The molecule has 6 rings (SSSR count). The second-order valence-corrected chi connectivity index (χ2v) is 13.8. The van der Waals surface area contributed by atoms with Gasteiger partial charge >= 0.3 is 0 Å². The van der Waals surface area contributed by atoms with Crippen molar-refractivity contribution in [1.82, 2.24) is 29.2 Å². The first-order valence-corrected chi connectivity index (χ1v) is 17.2. The third-order valence-corrected chi connectivity index (χ3v) is 8.83. The Morgan fingerprint density at radius 2 is 1.43 bits per heavy atom. The molecule has 0 amide bonds. The van der Waals surface area contributed by atoms with Crippen molar-refractivity contribution in [2.24, 2.45) is 0 Å². The van der Waals surface area contributed by atoms with E-state index in [0.29, 0.717) is 13.1 Å². The molecule has 10 heteroatoms. The highest BCUT2D eigenvalue weighted by molar-refractivity contribution is 9.11. The number of nitrogens with one attached hydrogen (secondary N) is 2. The zero-order chi connectivity index (χ0) is 33.4. The number of allylic oxidation sites excluding steroid dienone is 4. The average Bonchev–Trinajstić information content (AvgIpc) is 3.65. The quantitative estimate of drug-likeness (QED) is 0.143. The van der Waals surface area contributed by atoms with Gasteiger partial charge in [0.1, 0.15) is 11.6 Å². The Labute approximate surface area is 293 Å². The lowest BCUT2D eigenvalue weighted by Crippen LogP contribution is -2.14. The van der Waals surface area contributed by atoms with Crippen molar-refractivity contribution < 1.29 is 0 Å². The van der Waals surface area contributed by atoms with E-state index in [1.165, 1.54) is 16.7 Å². The molecule has 6 aromatic heterocycles. The van der Waals surface area contributed by atoms with Gasteiger partial charge in [0.2, 0.25) is 0 Å². The number of pyridine rings is 4. The van der Waals surface area contributed by atoms with E-state index in [9.17, 15) is 0 Å². The van der Waals surface area contributed by atoms with Crippen LogP contribution >= 0.6 is 31.9 Å². The molecule has 0 bridgehead atoms. The molecule has 6 heterocycles. The molecule has 8 nitrogen and oxygen atoms in total. The summed E-state index contributed by atoms with van der Waals surface area (Å²) in [6.07, 6.45) is 18.4. The van der Waals surface area contributed by atoms with E-state index in [4.69, 9.17) is 0 Å². The Balaban J connectivity index is 0.000000186. The normalized spacial score (nSPS) is 12.0. The van der Waals surface area contributed by atoms with E-state index >= 15 is 0 Å². The molecule has 0 atom stereocenters. The van der Waals surface area contributed by atoms with Gasteiger partial charge in [-0.05, 0) is 121 Å². The fourth-order valence-electron chi connectivity index (χ4n) is 4.96. The lowest BCUT2D eigenvalue weighted by Gasteiger charge is -2.21. The molecule has 242 valence electrons. The fraction of sp³-hybridized carbons (Fsp3) is 0.243. The van der Waals surface area contributed by atoms with Crippen molar-refractivity contribution in [1.29, 1.82) is 0 Å². The van der Waals surface area contributed by atoms with Gasteiger partial charge in [0.15, 0.2) is 0 Å². The summed E-state index contributed by atoms with van der Waals surface area (Å²) < 4.78 is 5.83. The second kappa shape index (κ2) is 15.5. The maximum atomic E-state index is 4.48. The Morgan fingerprint density at radius 1 is 0.787 bits per heavy atom. The first-order chi connectivity index (χ1) is 22.7.